The molecule has 6 unspecified atom stereocenters. The maximum Gasteiger partial charge on any atom is 0.317 e. The lowest BCUT2D eigenvalue weighted by molar-refractivity contribution is -0.140. The Hall–Kier alpha value is -5.39. The number of aliphatic carboxylic acids is 4. The third-order valence-corrected chi connectivity index (χ3v) is 14.4. The first-order chi connectivity index (χ1) is 35.9. The Morgan fingerprint density at radius 3 is 1.29 bits per heavy atom. The van der Waals surface area contributed by atoms with Crippen LogP contribution in [0.4, 0.5) is 0 Å². The fourth-order valence-electron chi connectivity index (χ4n) is 7.19. The lowest BCUT2D eigenvalue weighted by Gasteiger charge is -2.33. The predicted molar refractivity (Wildman–Crippen MR) is 279 cm³/mol. The molecular formula is C43H75N13O17S3. The molecular weight excluding hydrogens is 1070 g/mol. The van der Waals surface area contributed by atoms with Gasteiger partial charge in [0.2, 0.25) is 41.4 Å². The van der Waals surface area contributed by atoms with Crippen LogP contribution < -0.4 is 49.1 Å². The van der Waals surface area contributed by atoms with E-state index in [1.165, 1.54) is 18.8 Å². The molecule has 1 saturated heterocycles. The lowest BCUT2D eigenvalue weighted by Crippen LogP contribution is -2.55. The second kappa shape index (κ2) is 38.2. The first kappa shape index (κ1) is 68.6. The van der Waals surface area contributed by atoms with Gasteiger partial charge < -0.3 is 74.3 Å². The predicted octanol–water partition coefficient (Wildman–Crippen LogP) is -5.91. The van der Waals surface area contributed by atoms with Gasteiger partial charge in [-0.05, 0) is 39.5 Å². The number of ether oxygens (including phenoxy) is 1. The van der Waals surface area contributed by atoms with Crippen molar-refractivity contribution in [2.24, 2.45) is 17.2 Å². The van der Waals surface area contributed by atoms with Crippen LogP contribution in [0, 0.1) is 0 Å². The topological polar surface area (TPSA) is 458 Å². The zero-order chi connectivity index (χ0) is 57.3. The van der Waals surface area contributed by atoms with E-state index in [0.29, 0.717) is 0 Å². The second-order valence-electron chi connectivity index (χ2n) is 17.3. The fourth-order valence-corrected chi connectivity index (χ4v) is 10.0. The van der Waals surface area contributed by atoms with Crippen LogP contribution in [0.3, 0.4) is 0 Å². The number of carboxylic acids is 4. The van der Waals surface area contributed by atoms with Crippen molar-refractivity contribution < 1.29 is 82.7 Å². The number of carbonyl (C=O) groups excluding carboxylic acids is 8. The Morgan fingerprint density at radius 2 is 0.895 bits per heavy atom. The first-order valence-electron chi connectivity index (χ1n) is 23.9. The van der Waals surface area contributed by atoms with E-state index in [9.17, 15) is 72.9 Å². The molecule has 0 spiro atoms. The number of carboxylic acid groups (broad SMARTS) is 4. The molecule has 6 atom stereocenters. The van der Waals surface area contributed by atoms with Crippen LogP contribution in [0.2, 0.25) is 0 Å². The summed E-state index contributed by atoms with van der Waals surface area (Å²) in [5.41, 5.74) is 16.6. The highest BCUT2D eigenvalue weighted by Gasteiger charge is 2.30. The number of rotatable bonds is 37. The van der Waals surface area contributed by atoms with Gasteiger partial charge in [0.05, 0.1) is 45.0 Å². The Morgan fingerprint density at radius 1 is 0.500 bits per heavy atom. The molecule has 1 fully saturated rings. The van der Waals surface area contributed by atoms with E-state index >= 15 is 0 Å². The zero-order valence-corrected chi connectivity index (χ0v) is 45.3. The molecule has 76 heavy (non-hydrogen) atoms. The molecule has 1 rings (SSSR count). The number of amides is 7. The highest BCUT2D eigenvalue weighted by molar-refractivity contribution is 8.76. The minimum absolute atomic E-state index is 0.0735. The molecule has 16 N–H and O–H groups in total. The molecule has 1 heterocycles. The van der Waals surface area contributed by atoms with Crippen molar-refractivity contribution in [1.82, 2.24) is 51.5 Å². The van der Waals surface area contributed by atoms with Crippen LogP contribution in [0.25, 0.3) is 0 Å². The van der Waals surface area contributed by atoms with E-state index in [2.05, 4.69) is 31.9 Å². The van der Waals surface area contributed by atoms with Crippen LogP contribution in [-0.4, -0.2) is 263 Å². The van der Waals surface area contributed by atoms with E-state index in [1.807, 2.05) is 0 Å². The van der Waals surface area contributed by atoms with E-state index < -0.39 is 120 Å². The molecule has 0 aliphatic carbocycles. The summed E-state index contributed by atoms with van der Waals surface area (Å²) < 4.78 is 5.52. The standard InChI is InChI=1S/C43H75N13O17S3/c1-26(57)27(50-43(72)29(51-42(71)28(47-2)6-9-36(61)62)5-8-33(59)48-30(22-74-3)40(45)69)4-7-32(58)49-31(41(46)70)23-75-76-24-35(73-25-44)52-34(60)18-53-10-12-54(19-37(63)64)14-16-56(21-39(67)68)17-15-55(13-11-53)20-38(65)66/h27-31,35,47H,4-25,44H2,1-3H3,(H2,45,69)(H2,46,70)(H,48,59)(H,49,58)(H,50,72)(H,51,71)(H,52,60)(H,61,62)(H,63,64)(H,65,66)(H,67,68). The molecule has 0 bridgehead atoms. The van der Waals surface area contributed by atoms with Crippen molar-refractivity contribution in [2.45, 2.75) is 81.9 Å². The van der Waals surface area contributed by atoms with Gasteiger partial charge in [-0.2, -0.15) is 11.8 Å². The minimum Gasteiger partial charge on any atom is -0.481 e. The van der Waals surface area contributed by atoms with Gasteiger partial charge in [-0.25, -0.2) is 0 Å². The van der Waals surface area contributed by atoms with Gasteiger partial charge in [0, 0.05) is 88.9 Å². The van der Waals surface area contributed by atoms with Gasteiger partial charge in [-0.3, -0.25) is 77.1 Å². The third kappa shape index (κ3) is 31.0. The number of nitrogens with zero attached hydrogens (tertiary/aromatic N) is 4. The molecule has 0 saturated carbocycles. The number of primary amides is 2. The summed E-state index contributed by atoms with van der Waals surface area (Å²) in [4.78, 5) is 156. The fraction of sp³-hybridized carbons (Fsp3) is 0.721. The Labute approximate surface area is 451 Å². The van der Waals surface area contributed by atoms with Crippen molar-refractivity contribution in [3.8, 4) is 0 Å². The van der Waals surface area contributed by atoms with E-state index in [0.717, 1.165) is 28.5 Å². The number of ketones is 1. The Kier molecular flexibility index (Phi) is 34.5. The molecule has 7 amide bonds. The summed E-state index contributed by atoms with van der Waals surface area (Å²) in [5.74, 6) is -10.2. The number of carbonyl (C=O) groups is 12. The average Bonchev–Trinajstić information content (AvgIpc) is 3.32. The van der Waals surface area contributed by atoms with Gasteiger partial charge in [-0.1, -0.05) is 21.6 Å². The summed E-state index contributed by atoms with van der Waals surface area (Å²) in [6, 6.07) is -6.06. The van der Waals surface area contributed by atoms with Crippen molar-refractivity contribution in [2.75, 3.05) is 116 Å². The monoisotopic (exact) mass is 1140 g/mol. The zero-order valence-electron chi connectivity index (χ0n) is 42.9. The third-order valence-electron chi connectivity index (χ3n) is 11.3. The Bertz CT molecular complexity index is 1930. The van der Waals surface area contributed by atoms with Gasteiger partial charge in [0.1, 0.15) is 24.4 Å². The van der Waals surface area contributed by atoms with Crippen LogP contribution in [-0.2, 0) is 62.3 Å². The van der Waals surface area contributed by atoms with Crippen LogP contribution in [0.5, 0.6) is 0 Å². The summed E-state index contributed by atoms with van der Waals surface area (Å²) in [5, 5.41) is 52.8. The van der Waals surface area contributed by atoms with Crippen molar-refractivity contribution in [3.63, 3.8) is 0 Å². The number of hydrogen-bond acceptors (Lipinski definition) is 22. The normalized spacial score (nSPS) is 16.6. The molecule has 1 aliphatic rings. The first-order valence-corrected chi connectivity index (χ1v) is 27.8. The molecule has 0 aromatic heterocycles. The highest BCUT2D eigenvalue weighted by Crippen LogP contribution is 2.23. The van der Waals surface area contributed by atoms with Crippen LogP contribution in [0.15, 0.2) is 0 Å². The molecule has 30 nitrogen and oxygen atoms in total. The number of nitrogens with two attached hydrogens (primary N) is 3. The number of hydrogen-bond donors (Lipinski definition) is 13. The van der Waals surface area contributed by atoms with Crippen molar-refractivity contribution >= 4 is 104 Å². The smallest absolute Gasteiger partial charge is 0.317 e. The molecule has 0 radical (unpaired) electrons. The number of nitrogens with one attached hydrogen (secondary N) is 6. The van der Waals surface area contributed by atoms with E-state index in [1.54, 1.807) is 25.9 Å². The maximum absolute atomic E-state index is 13.6. The van der Waals surface area contributed by atoms with Crippen LogP contribution >= 0.6 is 33.3 Å². The van der Waals surface area contributed by atoms with E-state index in [4.69, 9.17) is 27.0 Å². The number of thioether (sulfide) groups is 1. The quantitative estimate of drug-likeness (QED) is 0.0156. The minimum atomic E-state index is -1.45. The average molecular weight is 1140 g/mol. The van der Waals surface area contributed by atoms with Crippen molar-refractivity contribution in [1.29, 1.82) is 0 Å². The van der Waals surface area contributed by atoms with Gasteiger partial charge in [-0.15, -0.1) is 0 Å². The molecule has 432 valence electrons. The molecule has 0 aromatic rings. The lowest BCUT2D eigenvalue weighted by atomic mass is 10.0. The Balaban J connectivity index is 2.98. The van der Waals surface area contributed by atoms with Gasteiger partial charge in [0.25, 0.3) is 0 Å². The van der Waals surface area contributed by atoms with Crippen LogP contribution in [0.1, 0.15) is 45.4 Å². The number of likely N-dealkylation sites (N-methyl/N-ethyl adjacent to an activating group) is 1. The summed E-state index contributed by atoms with van der Waals surface area (Å²) in [7, 11) is 3.62. The summed E-state index contributed by atoms with van der Waals surface area (Å²) >= 11 is 1.25. The number of Topliss-reactive ketones (excluding diaryl/α,β-unsaturated/α-hetero) is 1. The SMILES string of the molecule is CNC(CCC(=O)O)C(=O)NC(CCC(=O)NC(CSC)C(N)=O)C(=O)NC(CCC(=O)NC(CSSCC(NC(=O)CN1CCN(CC(=O)O)CCN(CC(=O)O)CCN(CC(=O)O)CC1)OCN)C(N)=O)C(C)=O. The maximum atomic E-state index is 13.6. The van der Waals surface area contributed by atoms with Gasteiger partial charge in [0.15, 0.2) is 5.78 Å². The van der Waals surface area contributed by atoms with Crippen molar-refractivity contribution in [3.05, 3.63) is 0 Å². The molecule has 0 aromatic carbocycles. The molecule has 1 aliphatic heterocycles. The highest BCUT2D eigenvalue weighted by atomic mass is 33.1. The van der Waals surface area contributed by atoms with Gasteiger partial charge >= 0.3 is 23.9 Å². The van der Waals surface area contributed by atoms with E-state index in [-0.39, 0.29) is 128 Å². The molecule has 33 heteroatoms. The summed E-state index contributed by atoms with van der Waals surface area (Å²) in [6.07, 6.45) is -1.21. The largest absolute Gasteiger partial charge is 0.481 e. The summed E-state index contributed by atoms with van der Waals surface area (Å²) in [6.45, 7) is 1.15. The second-order valence-corrected chi connectivity index (χ2v) is 20.8.